The molecule has 0 spiro atoms. The van der Waals surface area contributed by atoms with Crippen LogP contribution in [0, 0.1) is 0 Å². The normalized spacial score (nSPS) is 18.5. The van der Waals surface area contributed by atoms with Crippen molar-refractivity contribution < 1.29 is 9.53 Å². The van der Waals surface area contributed by atoms with Crippen LogP contribution in [0.1, 0.15) is 31.7 Å². The predicted molar refractivity (Wildman–Crippen MR) is 75.5 cm³/mol. The quantitative estimate of drug-likeness (QED) is 0.828. The molecule has 4 heteroatoms. The van der Waals surface area contributed by atoms with Crippen LogP contribution >= 0.6 is 0 Å². The topological polar surface area (TPSA) is 55.6 Å². The van der Waals surface area contributed by atoms with E-state index in [9.17, 15) is 4.79 Å². The van der Waals surface area contributed by atoms with Gasteiger partial charge in [0, 0.05) is 25.4 Å². The minimum Gasteiger partial charge on any atom is -0.399 e. The summed E-state index contributed by atoms with van der Waals surface area (Å²) in [6.07, 6.45) is 2.55. The molecule has 0 bridgehead atoms. The number of nitrogens with two attached hydrogens (primary N) is 1. The van der Waals surface area contributed by atoms with Gasteiger partial charge in [0.15, 0.2) is 0 Å². The van der Waals surface area contributed by atoms with E-state index in [-0.39, 0.29) is 12.0 Å². The molecule has 1 amide bonds. The molecule has 1 aromatic carbocycles. The van der Waals surface area contributed by atoms with Crippen molar-refractivity contribution in [3.63, 3.8) is 0 Å². The van der Waals surface area contributed by atoms with Crippen molar-refractivity contribution in [2.24, 2.45) is 0 Å². The fourth-order valence-corrected chi connectivity index (χ4v) is 2.36. The predicted octanol–water partition coefficient (Wildman–Crippen LogP) is 2.19. The van der Waals surface area contributed by atoms with E-state index in [1.807, 2.05) is 29.2 Å². The summed E-state index contributed by atoms with van der Waals surface area (Å²) in [5, 5.41) is 0. The molecule has 4 nitrogen and oxygen atoms in total. The molecule has 0 saturated carbocycles. The minimum absolute atomic E-state index is 0.121. The van der Waals surface area contributed by atoms with E-state index in [0.29, 0.717) is 13.2 Å². The number of rotatable bonds is 5. The lowest BCUT2D eigenvalue weighted by molar-refractivity contribution is -0.141. The summed E-state index contributed by atoms with van der Waals surface area (Å²) in [6, 6.07) is 7.69. The number of amides is 1. The summed E-state index contributed by atoms with van der Waals surface area (Å²) in [5.41, 5.74) is 7.53. The second kappa shape index (κ2) is 6.57. The summed E-state index contributed by atoms with van der Waals surface area (Å²) in [7, 11) is 0. The van der Waals surface area contributed by atoms with Gasteiger partial charge in [-0.15, -0.1) is 0 Å². The van der Waals surface area contributed by atoms with E-state index in [1.165, 1.54) is 0 Å². The van der Waals surface area contributed by atoms with Crippen molar-refractivity contribution >= 4 is 11.6 Å². The highest BCUT2D eigenvalue weighted by Gasteiger charge is 2.27. The molecule has 19 heavy (non-hydrogen) atoms. The molecule has 1 aliphatic heterocycles. The van der Waals surface area contributed by atoms with Gasteiger partial charge in [-0.3, -0.25) is 4.79 Å². The fraction of sp³-hybridized carbons (Fsp3) is 0.533. The standard InChI is InChI=1S/C15H22N2O2/c1-2-9-17(15(18)14-4-3-10-19-14)11-12-5-7-13(16)8-6-12/h5-8,14H,2-4,9-11,16H2,1H3. The van der Waals surface area contributed by atoms with Crippen molar-refractivity contribution in [1.82, 2.24) is 4.90 Å². The number of nitrogen functional groups attached to an aromatic ring is 1. The Morgan fingerprint density at radius 1 is 1.42 bits per heavy atom. The van der Waals surface area contributed by atoms with Crippen LogP contribution in [0.3, 0.4) is 0 Å². The molecule has 1 saturated heterocycles. The van der Waals surface area contributed by atoms with Crippen LogP contribution in [-0.4, -0.2) is 30.1 Å². The molecular formula is C15H22N2O2. The third kappa shape index (κ3) is 3.70. The van der Waals surface area contributed by atoms with E-state index < -0.39 is 0 Å². The van der Waals surface area contributed by atoms with Gasteiger partial charge in [0.2, 0.25) is 0 Å². The molecule has 104 valence electrons. The summed E-state index contributed by atoms with van der Waals surface area (Å²) in [5.74, 6) is 0.121. The Morgan fingerprint density at radius 2 is 2.16 bits per heavy atom. The Bertz CT molecular complexity index is 411. The summed E-state index contributed by atoms with van der Waals surface area (Å²) in [4.78, 5) is 14.3. The molecular weight excluding hydrogens is 240 g/mol. The molecule has 0 aromatic heterocycles. The zero-order valence-corrected chi connectivity index (χ0v) is 11.5. The highest BCUT2D eigenvalue weighted by atomic mass is 16.5. The van der Waals surface area contributed by atoms with Gasteiger partial charge in [-0.2, -0.15) is 0 Å². The van der Waals surface area contributed by atoms with Gasteiger partial charge in [-0.1, -0.05) is 19.1 Å². The first-order valence-corrected chi connectivity index (χ1v) is 6.95. The van der Waals surface area contributed by atoms with Gasteiger partial charge in [-0.25, -0.2) is 0 Å². The maximum absolute atomic E-state index is 12.4. The van der Waals surface area contributed by atoms with Crippen LogP contribution in [0.25, 0.3) is 0 Å². The third-order valence-corrected chi connectivity index (χ3v) is 3.36. The number of nitrogens with zero attached hydrogens (tertiary/aromatic N) is 1. The molecule has 1 fully saturated rings. The fourth-order valence-electron chi connectivity index (χ4n) is 2.36. The molecule has 1 aliphatic rings. The molecule has 0 aliphatic carbocycles. The van der Waals surface area contributed by atoms with Crippen LogP contribution in [-0.2, 0) is 16.1 Å². The summed E-state index contributed by atoms with van der Waals surface area (Å²) in [6.45, 7) is 4.19. The van der Waals surface area contributed by atoms with E-state index in [2.05, 4.69) is 6.92 Å². The Kier molecular flexibility index (Phi) is 4.80. The first kappa shape index (κ1) is 13.9. The van der Waals surface area contributed by atoms with Gasteiger partial charge in [0.1, 0.15) is 6.10 Å². The monoisotopic (exact) mass is 262 g/mol. The van der Waals surface area contributed by atoms with Crippen LogP contribution in [0.4, 0.5) is 5.69 Å². The van der Waals surface area contributed by atoms with Crippen molar-refractivity contribution in [3.8, 4) is 0 Å². The average Bonchev–Trinajstić information content (AvgIpc) is 2.94. The van der Waals surface area contributed by atoms with E-state index >= 15 is 0 Å². The van der Waals surface area contributed by atoms with Crippen molar-refractivity contribution in [2.45, 2.75) is 38.8 Å². The van der Waals surface area contributed by atoms with Gasteiger partial charge in [0.25, 0.3) is 5.91 Å². The molecule has 1 atom stereocenters. The number of anilines is 1. The third-order valence-electron chi connectivity index (χ3n) is 3.36. The Hall–Kier alpha value is -1.55. The number of carbonyl (C=O) groups is 1. The molecule has 1 heterocycles. The van der Waals surface area contributed by atoms with Crippen LogP contribution < -0.4 is 5.73 Å². The lowest BCUT2D eigenvalue weighted by Crippen LogP contribution is -2.38. The molecule has 2 N–H and O–H groups in total. The first-order chi connectivity index (χ1) is 9.20. The zero-order valence-electron chi connectivity index (χ0n) is 11.5. The molecule has 2 rings (SSSR count). The maximum atomic E-state index is 12.4. The van der Waals surface area contributed by atoms with Crippen LogP contribution in [0.15, 0.2) is 24.3 Å². The second-order valence-corrected chi connectivity index (χ2v) is 5.00. The number of hydrogen-bond donors (Lipinski definition) is 1. The minimum atomic E-state index is -0.236. The van der Waals surface area contributed by atoms with Gasteiger partial charge in [-0.05, 0) is 37.0 Å². The van der Waals surface area contributed by atoms with E-state index in [4.69, 9.17) is 10.5 Å². The highest BCUT2D eigenvalue weighted by molar-refractivity contribution is 5.81. The van der Waals surface area contributed by atoms with Crippen molar-refractivity contribution in [3.05, 3.63) is 29.8 Å². The largest absolute Gasteiger partial charge is 0.399 e. The van der Waals surface area contributed by atoms with Crippen LogP contribution in [0.2, 0.25) is 0 Å². The van der Waals surface area contributed by atoms with Crippen molar-refractivity contribution in [2.75, 3.05) is 18.9 Å². The first-order valence-electron chi connectivity index (χ1n) is 6.95. The second-order valence-electron chi connectivity index (χ2n) is 5.00. The Morgan fingerprint density at radius 3 is 2.74 bits per heavy atom. The average molecular weight is 262 g/mol. The lowest BCUT2D eigenvalue weighted by Gasteiger charge is -2.25. The molecule has 1 aromatic rings. The van der Waals surface area contributed by atoms with Crippen molar-refractivity contribution in [1.29, 1.82) is 0 Å². The van der Waals surface area contributed by atoms with Gasteiger partial charge < -0.3 is 15.4 Å². The number of hydrogen-bond acceptors (Lipinski definition) is 3. The van der Waals surface area contributed by atoms with Gasteiger partial charge in [0.05, 0.1) is 0 Å². The Labute approximate surface area is 114 Å². The SMILES string of the molecule is CCCN(Cc1ccc(N)cc1)C(=O)C1CCCO1. The molecule has 1 unspecified atom stereocenters. The van der Waals surface area contributed by atoms with E-state index in [1.54, 1.807) is 0 Å². The lowest BCUT2D eigenvalue weighted by atomic mass is 10.1. The van der Waals surface area contributed by atoms with E-state index in [0.717, 1.165) is 37.1 Å². The highest BCUT2D eigenvalue weighted by Crippen LogP contribution is 2.17. The molecule has 0 radical (unpaired) electrons. The van der Waals surface area contributed by atoms with Gasteiger partial charge >= 0.3 is 0 Å². The summed E-state index contributed by atoms with van der Waals surface area (Å²) >= 11 is 0. The smallest absolute Gasteiger partial charge is 0.251 e. The zero-order chi connectivity index (χ0) is 13.7. The maximum Gasteiger partial charge on any atom is 0.251 e. The number of carbonyl (C=O) groups excluding carboxylic acids is 1. The number of ether oxygens (including phenoxy) is 1. The number of benzene rings is 1. The summed E-state index contributed by atoms with van der Waals surface area (Å²) < 4.78 is 5.49. The Balaban J connectivity index is 2.02. The van der Waals surface area contributed by atoms with Crippen LogP contribution in [0.5, 0.6) is 0 Å².